The smallest absolute Gasteiger partial charge is 0.252 e. The van der Waals surface area contributed by atoms with E-state index in [0.717, 1.165) is 36.2 Å². The first-order valence-corrected chi connectivity index (χ1v) is 9.56. The van der Waals surface area contributed by atoms with Crippen molar-refractivity contribution in [2.75, 3.05) is 5.32 Å². The SMILES string of the molecule is O=C(N[C@H]1CC[C@H](Nc2nccc(-c3ccccn3)n2)C1)c1ccsc1. The molecule has 3 aromatic heterocycles. The van der Waals surface area contributed by atoms with Crippen LogP contribution in [0, 0.1) is 0 Å². The highest BCUT2D eigenvalue weighted by atomic mass is 32.1. The van der Waals surface area contributed by atoms with Gasteiger partial charge in [0.15, 0.2) is 0 Å². The van der Waals surface area contributed by atoms with E-state index < -0.39 is 0 Å². The lowest BCUT2D eigenvalue weighted by Crippen LogP contribution is -2.33. The molecule has 0 radical (unpaired) electrons. The molecular formula is C19H19N5OS. The van der Waals surface area contributed by atoms with Gasteiger partial charge in [-0.25, -0.2) is 9.97 Å². The van der Waals surface area contributed by atoms with Crippen LogP contribution in [0.1, 0.15) is 29.6 Å². The predicted molar refractivity (Wildman–Crippen MR) is 102 cm³/mol. The molecule has 132 valence electrons. The third-order valence-electron chi connectivity index (χ3n) is 4.47. The predicted octanol–water partition coefficient (Wildman–Crippen LogP) is 3.36. The molecule has 1 saturated carbocycles. The second kappa shape index (κ2) is 7.61. The van der Waals surface area contributed by atoms with Crippen molar-refractivity contribution in [3.05, 3.63) is 59.0 Å². The van der Waals surface area contributed by atoms with Crippen molar-refractivity contribution < 1.29 is 4.79 Å². The summed E-state index contributed by atoms with van der Waals surface area (Å²) in [5, 5.41) is 10.3. The minimum Gasteiger partial charge on any atom is -0.351 e. The van der Waals surface area contributed by atoms with Gasteiger partial charge in [-0.3, -0.25) is 9.78 Å². The van der Waals surface area contributed by atoms with Gasteiger partial charge in [0.25, 0.3) is 5.91 Å². The van der Waals surface area contributed by atoms with E-state index in [1.165, 1.54) is 11.3 Å². The van der Waals surface area contributed by atoms with Crippen LogP contribution in [0.5, 0.6) is 0 Å². The number of rotatable bonds is 5. The maximum absolute atomic E-state index is 12.2. The van der Waals surface area contributed by atoms with E-state index in [1.54, 1.807) is 12.4 Å². The van der Waals surface area contributed by atoms with Crippen LogP contribution in [0.4, 0.5) is 5.95 Å². The Bertz CT molecular complexity index is 869. The molecular weight excluding hydrogens is 346 g/mol. The topological polar surface area (TPSA) is 79.8 Å². The van der Waals surface area contributed by atoms with Gasteiger partial charge in [-0.15, -0.1) is 0 Å². The highest BCUT2D eigenvalue weighted by molar-refractivity contribution is 7.08. The van der Waals surface area contributed by atoms with Gasteiger partial charge >= 0.3 is 0 Å². The van der Waals surface area contributed by atoms with Gasteiger partial charge in [0.2, 0.25) is 5.95 Å². The zero-order valence-electron chi connectivity index (χ0n) is 14.1. The van der Waals surface area contributed by atoms with Gasteiger partial charge in [0, 0.05) is 35.4 Å². The van der Waals surface area contributed by atoms with E-state index in [-0.39, 0.29) is 18.0 Å². The summed E-state index contributed by atoms with van der Waals surface area (Å²) in [6.45, 7) is 0. The van der Waals surface area contributed by atoms with Crippen molar-refractivity contribution in [2.24, 2.45) is 0 Å². The molecule has 2 atom stereocenters. The van der Waals surface area contributed by atoms with Crippen molar-refractivity contribution in [1.29, 1.82) is 0 Å². The fraction of sp³-hybridized carbons (Fsp3) is 0.263. The van der Waals surface area contributed by atoms with Crippen LogP contribution >= 0.6 is 11.3 Å². The Kier molecular flexibility index (Phi) is 4.88. The zero-order chi connectivity index (χ0) is 17.8. The van der Waals surface area contributed by atoms with Crippen LogP contribution in [0.15, 0.2) is 53.5 Å². The van der Waals surface area contributed by atoms with E-state index in [2.05, 4.69) is 25.6 Å². The van der Waals surface area contributed by atoms with Crippen LogP contribution in [0.3, 0.4) is 0 Å². The lowest BCUT2D eigenvalue weighted by atomic mass is 10.2. The molecule has 26 heavy (non-hydrogen) atoms. The summed E-state index contributed by atoms with van der Waals surface area (Å²) in [6.07, 6.45) is 6.29. The molecule has 3 heterocycles. The van der Waals surface area contributed by atoms with Gasteiger partial charge in [-0.05, 0) is 48.9 Å². The Morgan fingerprint density at radius 3 is 2.77 bits per heavy atom. The van der Waals surface area contributed by atoms with Crippen molar-refractivity contribution in [1.82, 2.24) is 20.3 Å². The Hall–Kier alpha value is -2.80. The molecule has 4 rings (SSSR count). The molecule has 1 fully saturated rings. The standard InChI is InChI=1S/C19H19N5OS/c25-18(13-7-10-26-12-13)22-14-4-5-15(11-14)23-19-21-9-6-17(24-19)16-3-1-2-8-20-16/h1-3,6-10,12,14-15H,4-5,11H2,(H,22,25)(H,21,23,24)/t14-,15-/m0/s1. The van der Waals surface area contributed by atoms with Gasteiger partial charge in [0.1, 0.15) is 0 Å². The molecule has 0 spiro atoms. The molecule has 1 aliphatic carbocycles. The van der Waals surface area contributed by atoms with Crippen LogP contribution in [0.2, 0.25) is 0 Å². The van der Waals surface area contributed by atoms with Crippen molar-refractivity contribution in [3.63, 3.8) is 0 Å². The van der Waals surface area contributed by atoms with Crippen molar-refractivity contribution >= 4 is 23.2 Å². The lowest BCUT2D eigenvalue weighted by Gasteiger charge is -2.14. The molecule has 3 aromatic rings. The molecule has 0 bridgehead atoms. The van der Waals surface area contributed by atoms with Crippen LogP contribution in [0.25, 0.3) is 11.4 Å². The highest BCUT2D eigenvalue weighted by Gasteiger charge is 2.26. The van der Waals surface area contributed by atoms with Crippen molar-refractivity contribution in [3.8, 4) is 11.4 Å². The fourth-order valence-corrected chi connectivity index (χ4v) is 3.81. The highest BCUT2D eigenvalue weighted by Crippen LogP contribution is 2.23. The summed E-state index contributed by atoms with van der Waals surface area (Å²) in [4.78, 5) is 25.4. The molecule has 0 aliphatic heterocycles. The Balaban J connectivity index is 1.36. The molecule has 6 nitrogen and oxygen atoms in total. The molecule has 1 aliphatic rings. The number of hydrogen-bond acceptors (Lipinski definition) is 6. The summed E-state index contributed by atoms with van der Waals surface area (Å²) in [5.74, 6) is 0.605. The molecule has 7 heteroatoms. The van der Waals surface area contributed by atoms with E-state index in [0.29, 0.717) is 5.95 Å². The molecule has 2 N–H and O–H groups in total. The average Bonchev–Trinajstić information content (AvgIpc) is 3.35. The first-order chi connectivity index (χ1) is 12.8. The van der Waals surface area contributed by atoms with Gasteiger partial charge in [-0.1, -0.05) is 6.07 Å². The second-order valence-electron chi connectivity index (χ2n) is 6.32. The lowest BCUT2D eigenvalue weighted by molar-refractivity contribution is 0.0938. The van der Waals surface area contributed by atoms with E-state index in [9.17, 15) is 4.79 Å². The largest absolute Gasteiger partial charge is 0.351 e. The van der Waals surface area contributed by atoms with E-state index in [4.69, 9.17) is 0 Å². The number of hydrogen-bond donors (Lipinski definition) is 2. The van der Waals surface area contributed by atoms with Crippen LogP contribution in [-0.4, -0.2) is 32.9 Å². The maximum Gasteiger partial charge on any atom is 0.252 e. The fourth-order valence-electron chi connectivity index (χ4n) is 3.17. The Morgan fingerprint density at radius 2 is 1.96 bits per heavy atom. The minimum absolute atomic E-state index is 0.00491. The number of carbonyl (C=O) groups excluding carboxylic acids is 1. The Morgan fingerprint density at radius 1 is 1.04 bits per heavy atom. The summed E-state index contributed by atoms with van der Waals surface area (Å²) < 4.78 is 0. The first kappa shape index (κ1) is 16.7. The zero-order valence-corrected chi connectivity index (χ0v) is 14.9. The number of anilines is 1. The third kappa shape index (κ3) is 3.88. The summed E-state index contributed by atoms with van der Waals surface area (Å²) in [5.41, 5.74) is 2.35. The molecule has 0 saturated heterocycles. The number of pyridine rings is 1. The number of thiophene rings is 1. The van der Waals surface area contributed by atoms with E-state index >= 15 is 0 Å². The summed E-state index contributed by atoms with van der Waals surface area (Å²) in [6, 6.07) is 9.88. The van der Waals surface area contributed by atoms with Gasteiger partial charge in [0.05, 0.1) is 11.4 Å². The second-order valence-corrected chi connectivity index (χ2v) is 7.10. The summed E-state index contributed by atoms with van der Waals surface area (Å²) >= 11 is 1.53. The normalized spacial score (nSPS) is 19.2. The average molecular weight is 365 g/mol. The quantitative estimate of drug-likeness (QED) is 0.725. The monoisotopic (exact) mass is 365 g/mol. The van der Waals surface area contributed by atoms with Crippen LogP contribution in [-0.2, 0) is 0 Å². The molecule has 0 unspecified atom stereocenters. The number of nitrogens with zero attached hydrogens (tertiary/aromatic N) is 3. The number of aromatic nitrogens is 3. The van der Waals surface area contributed by atoms with Gasteiger partial charge < -0.3 is 10.6 Å². The minimum atomic E-state index is 0.00491. The number of carbonyl (C=O) groups is 1. The van der Waals surface area contributed by atoms with Gasteiger partial charge in [-0.2, -0.15) is 11.3 Å². The molecule has 1 amide bonds. The Labute approximate surface area is 155 Å². The summed E-state index contributed by atoms with van der Waals surface area (Å²) in [7, 11) is 0. The number of amides is 1. The maximum atomic E-state index is 12.2. The molecule has 0 aromatic carbocycles. The first-order valence-electron chi connectivity index (χ1n) is 8.62. The van der Waals surface area contributed by atoms with E-state index in [1.807, 2.05) is 41.1 Å². The van der Waals surface area contributed by atoms with Crippen LogP contribution < -0.4 is 10.6 Å². The number of nitrogens with one attached hydrogen (secondary N) is 2. The van der Waals surface area contributed by atoms with Crippen molar-refractivity contribution in [2.45, 2.75) is 31.3 Å². The third-order valence-corrected chi connectivity index (χ3v) is 5.15.